The summed E-state index contributed by atoms with van der Waals surface area (Å²) in [5.74, 6) is -0.333. The molecule has 132 valence electrons. The summed E-state index contributed by atoms with van der Waals surface area (Å²) in [5.41, 5.74) is 3.81. The van der Waals surface area contributed by atoms with Crippen LogP contribution >= 0.6 is 0 Å². The number of nitrogens with zero attached hydrogens (tertiary/aromatic N) is 4. The molecule has 4 aromatic rings. The van der Waals surface area contributed by atoms with Gasteiger partial charge in [0.25, 0.3) is 11.5 Å². The van der Waals surface area contributed by atoms with Gasteiger partial charge in [-0.2, -0.15) is 10.2 Å². The second kappa shape index (κ2) is 6.14. The van der Waals surface area contributed by atoms with Gasteiger partial charge in [-0.3, -0.25) is 14.7 Å². The van der Waals surface area contributed by atoms with Crippen molar-refractivity contribution in [2.75, 3.05) is 0 Å². The number of hydrogen-bond donors (Lipinski definition) is 2. The Morgan fingerprint density at radius 3 is 2.69 bits per heavy atom. The number of para-hydroxylation sites is 2. The highest BCUT2D eigenvalue weighted by Crippen LogP contribution is 2.15. The number of aromatic nitrogens is 5. The van der Waals surface area contributed by atoms with E-state index in [4.69, 9.17) is 0 Å². The van der Waals surface area contributed by atoms with Gasteiger partial charge < -0.3 is 9.88 Å². The van der Waals surface area contributed by atoms with E-state index in [9.17, 15) is 9.59 Å². The van der Waals surface area contributed by atoms with E-state index in [1.54, 1.807) is 21.3 Å². The predicted molar refractivity (Wildman–Crippen MR) is 97.1 cm³/mol. The van der Waals surface area contributed by atoms with Crippen molar-refractivity contribution < 1.29 is 4.79 Å². The molecule has 0 saturated carbocycles. The van der Waals surface area contributed by atoms with Crippen LogP contribution in [0.25, 0.3) is 16.6 Å². The van der Waals surface area contributed by atoms with Crippen LogP contribution in [0, 0.1) is 6.92 Å². The molecule has 8 heteroatoms. The lowest BCUT2D eigenvalue weighted by Gasteiger charge is -2.08. The quantitative estimate of drug-likeness (QED) is 0.584. The Morgan fingerprint density at radius 2 is 2.00 bits per heavy atom. The zero-order chi connectivity index (χ0) is 18.3. The van der Waals surface area contributed by atoms with Gasteiger partial charge in [0.2, 0.25) is 0 Å². The van der Waals surface area contributed by atoms with E-state index in [0.29, 0.717) is 18.6 Å². The highest BCUT2D eigenvalue weighted by atomic mass is 16.2. The third-order valence-electron chi connectivity index (χ3n) is 4.50. The first-order chi connectivity index (χ1) is 12.6. The molecule has 0 aliphatic heterocycles. The van der Waals surface area contributed by atoms with Crippen molar-refractivity contribution >= 4 is 22.5 Å². The SMILES string of the molecule is CCn1c(=O)c2cc(C(=O)NCc3cn[nH]c3C)nn2c2ccccc21. The molecule has 0 fully saturated rings. The Labute approximate surface area is 148 Å². The van der Waals surface area contributed by atoms with E-state index in [1.807, 2.05) is 38.1 Å². The van der Waals surface area contributed by atoms with Crippen molar-refractivity contribution in [1.29, 1.82) is 0 Å². The molecule has 8 nitrogen and oxygen atoms in total. The summed E-state index contributed by atoms with van der Waals surface area (Å²) >= 11 is 0. The molecule has 0 aliphatic carbocycles. The van der Waals surface area contributed by atoms with Crippen LogP contribution in [0.4, 0.5) is 0 Å². The third kappa shape index (κ3) is 2.46. The zero-order valence-corrected chi connectivity index (χ0v) is 14.5. The molecule has 3 aromatic heterocycles. The number of benzene rings is 1. The largest absolute Gasteiger partial charge is 0.346 e. The van der Waals surface area contributed by atoms with E-state index < -0.39 is 0 Å². The fraction of sp³-hybridized carbons (Fsp3) is 0.222. The first-order valence-electron chi connectivity index (χ1n) is 8.38. The van der Waals surface area contributed by atoms with E-state index in [2.05, 4.69) is 20.6 Å². The Hall–Kier alpha value is -3.42. The Morgan fingerprint density at radius 1 is 1.23 bits per heavy atom. The molecule has 3 heterocycles. The van der Waals surface area contributed by atoms with Crippen LogP contribution in [0.15, 0.2) is 41.3 Å². The lowest BCUT2D eigenvalue weighted by molar-refractivity contribution is 0.0945. The Kier molecular flexibility index (Phi) is 3.80. The van der Waals surface area contributed by atoms with Crippen molar-refractivity contribution in [3.05, 3.63) is 63.8 Å². The van der Waals surface area contributed by atoms with Crippen LogP contribution in [0.1, 0.15) is 28.7 Å². The predicted octanol–water partition coefficient (Wildman–Crippen LogP) is 1.63. The van der Waals surface area contributed by atoms with Gasteiger partial charge in [-0.1, -0.05) is 12.1 Å². The highest BCUT2D eigenvalue weighted by molar-refractivity contribution is 5.94. The van der Waals surface area contributed by atoms with Gasteiger partial charge in [0.05, 0.1) is 17.2 Å². The minimum absolute atomic E-state index is 0.163. The molecular weight excluding hydrogens is 332 g/mol. The summed E-state index contributed by atoms with van der Waals surface area (Å²) in [7, 11) is 0. The van der Waals surface area contributed by atoms with E-state index in [0.717, 1.165) is 22.3 Å². The van der Waals surface area contributed by atoms with Gasteiger partial charge in [-0.05, 0) is 26.0 Å². The summed E-state index contributed by atoms with van der Waals surface area (Å²) in [6.45, 7) is 4.69. The average molecular weight is 350 g/mol. The molecule has 0 atom stereocenters. The molecule has 26 heavy (non-hydrogen) atoms. The van der Waals surface area contributed by atoms with Crippen molar-refractivity contribution in [1.82, 2.24) is 29.7 Å². The normalized spacial score (nSPS) is 11.3. The fourth-order valence-electron chi connectivity index (χ4n) is 3.08. The average Bonchev–Trinajstić information content (AvgIpc) is 3.27. The van der Waals surface area contributed by atoms with Crippen molar-refractivity contribution in [3.8, 4) is 0 Å². The molecule has 0 saturated heterocycles. The molecule has 0 aliphatic rings. The number of carbonyl (C=O) groups is 1. The minimum atomic E-state index is -0.333. The summed E-state index contributed by atoms with van der Waals surface area (Å²) < 4.78 is 3.23. The van der Waals surface area contributed by atoms with Crippen LogP contribution in [0.3, 0.4) is 0 Å². The Bertz CT molecular complexity index is 1180. The number of aryl methyl sites for hydroxylation is 2. The van der Waals surface area contributed by atoms with Crippen LogP contribution in [-0.2, 0) is 13.1 Å². The summed E-state index contributed by atoms with van der Waals surface area (Å²) in [5, 5.41) is 13.9. The van der Waals surface area contributed by atoms with E-state index in [1.165, 1.54) is 0 Å². The van der Waals surface area contributed by atoms with E-state index >= 15 is 0 Å². The Balaban J connectivity index is 1.77. The van der Waals surface area contributed by atoms with Gasteiger partial charge >= 0.3 is 0 Å². The number of aromatic amines is 1. The van der Waals surface area contributed by atoms with Gasteiger partial charge in [0, 0.05) is 30.4 Å². The second-order valence-electron chi connectivity index (χ2n) is 6.07. The van der Waals surface area contributed by atoms with Crippen LogP contribution in [0.2, 0.25) is 0 Å². The highest BCUT2D eigenvalue weighted by Gasteiger charge is 2.17. The van der Waals surface area contributed by atoms with E-state index in [-0.39, 0.29) is 17.2 Å². The molecule has 4 rings (SSSR count). The van der Waals surface area contributed by atoms with Crippen molar-refractivity contribution in [3.63, 3.8) is 0 Å². The summed E-state index contributed by atoms with van der Waals surface area (Å²) in [6.07, 6.45) is 1.67. The molecular formula is C18H18N6O2. The first-order valence-corrected chi connectivity index (χ1v) is 8.38. The molecule has 0 unspecified atom stereocenters. The molecule has 2 N–H and O–H groups in total. The zero-order valence-electron chi connectivity index (χ0n) is 14.5. The van der Waals surface area contributed by atoms with Gasteiger partial charge in [0.1, 0.15) is 5.52 Å². The van der Waals surface area contributed by atoms with Crippen molar-refractivity contribution in [2.45, 2.75) is 26.9 Å². The fourth-order valence-corrected chi connectivity index (χ4v) is 3.08. The number of H-pyrrole nitrogens is 1. The lowest BCUT2D eigenvalue weighted by Crippen LogP contribution is -2.23. The number of hydrogen-bond acceptors (Lipinski definition) is 4. The minimum Gasteiger partial charge on any atom is -0.346 e. The lowest BCUT2D eigenvalue weighted by atomic mass is 10.2. The maximum absolute atomic E-state index is 12.8. The number of fused-ring (bicyclic) bond motifs is 3. The van der Waals surface area contributed by atoms with Crippen LogP contribution in [0.5, 0.6) is 0 Å². The molecule has 0 radical (unpaired) electrons. The van der Waals surface area contributed by atoms with Crippen LogP contribution in [-0.4, -0.2) is 30.3 Å². The molecule has 1 amide bonds. The van der Waals surface area contributed by atoms with Gasteiger partial charge in [-0.25, -0.2) is 4.52 Å². The first kappa shape index (κ1) is 16.1. The maximum Gasteiger partial charge on any atom is 0.277 e. The van der Waals surface area contributed by atoms with Gasteiger partial charge in [0.15, 0.2) is 5.69 Å². The summed E-state index contributed by atoms with van der Waals surface area (Å²) in [6, 6.07) is 9.07. The molecule has 0 spiro atoms. The van der Waals surface area contributed by atoms with Crippen LogP contribution < -0.4 is 10.9 Å². The second-order valence-corrected chi connectivity index (χ2v) is 6.07. The number of nitrogens with one attached hydrogen (secondary N) is 2. The van der Waals surface area contributed by atoms with Gasteiger partial charge in [-0.15, -0.1) is 0 Å². The number of amides is 1. The number of rotatable bonds is 4. The molecule has 1 aromatic carbocycles. The standard InChI is InChI=1S/C18H18N6O2/c1-3-23-14-6-4-5-7-15(14)24-16(18(23)26)8-13(22-24)17(25)19-9-12-10-20-21-11(12)2/h4-8,10H,3,9H2,1-2H3,(H,19,25)(H,20,21). The summed E-state index contributed by atoms with van der Waals surface area (Å²) in [4.78, 5) is 25.3. The monoisotopic (exact) mass is 350 g/mol. The third-order valence-corrected chi connectivity index (χ3v) is 4.50. The smallest absolute Gasteiger partial charge is 0.277 e. The maximum atomic E-state index is 12.8. The number of carbonyl (C=O) groups excluding carboxylic acids is 1. The molecule has 0 bridgehead atoms. The van der Waals surface area contributed by atoms with Crippen molar-refractivity contribution in [2.24, 2.45) is 0 Å². The topological polar surface area (TPSA) is 97.1 Å².